The zero-order chi connectivity index (χ0) is 18.2. The summed E-state index contributed by atoms with van der Waals surface area (Å²) in [5.41, 5.74) is 4.87. The van der Waals surface area contributed by atoms with Crippen LogP contribution in [0.25, 0.3) is 16.8 Å². The molecule has 3 aromatic rings. The van der Waals surface area contributed by atoms with Crippen molar-refractivity contribution in [3.05, 3.63) is 47.8 Å². The van der Waals surface area contributed by atoms with Crippen molar-refractivity contribution in [1.29, 1.82) is 0 Å². The molecule has 130 valence electrons. The van der Waals surface area contributed by atoms with E-state index in [1.54, 1.807) is 6.92 Å². The third kappa shape index (κ3) is 3.61. The largest absolute Gasteiger partial charge is 0.299 e. The molecule has 0 N–H and O–H groups in total. The Morgan fingerprint density at radius 1 is 1.20 bits per heavy atom. The number of thioether (sulfide) groups is 1. The molecule has 25 heavy (non-hydrogen) atoms. The van der Waals surface area contributed by atoms with E-state index in [-0.39, 0.29) is 11.2 Å². The van der Waals surface area contributed by atoms with Crippen molar-refractivity contribution in [3.8, 4) is 11.1 Å². The average Bonchev–Trinajstić information content (AvgIpc) is 2.88. The van der Waals surface area contributed by atoms with Crippen LogP contribution >= 0.6 is 11.8 Å². The van der Waals surface area contributed by atoms with Gasteiger partial charge in [-0.25, -0.2) is 9.50 Å². The quantitative estimate of drug-likeness (QED) is 0.504. The molecule has 0 radical (unpaired) electrons. The summed E-state index contributed by atoms with van der Waals surface area (Å²) < 4.78 is 1.88. The minimum Gasteiger partial charge on any atom is -0.299 e. The van der Waals surface area contributed by atoms with E-state index in [0.29, 0.717) is 5.75 Å². The number of carbonyl (C=O) groups is 1. The van der Waals surface area contributed by atoms with E-state index in [1.807, 2.05) is 29.6 Å². The third-order valence-electron chi connectivity index (χ3n) is 3.99. The van der Waals surface area contributed by atoms with Crippen LogP contribution in [0.5, 0.6) is 0 Å². The molecule has 0 aliphatic carbocycles. The Bertz CT molecular complexity index is 924. The number of benzene rings is 1. The number of nitrogens with zero attached hydrogens (tertiary/aromatic N) is 3. The molecule has 0 aliphatic heterocycles. The Labute approximate surface area is 152 Å². The maximum Gasteiger partial charge on any atom is 0.164 e. The van der Waals surface area contributed by atoms with Crippen molar-refractivity contribution in [2.45, 2.75) is 45.1 Å². The molecular weight excluding hydrogens is 330 g/mol. The Morgan fingerprint density at radius 3 is 2.48 bits per heavy atom. The Hall–Kier alpha value is -2.14. The summed E-state index contributed by atoms with van der Waals surface area (Å²) in [6.45, 7) is 10.1. The van der Waals surface area contributed by atoms with Crippen LogP contribution in [-0.2, 0) is 10.2 Å². The van der Waals surface area contributed by atoms with Crippen molar-refractivity contribution in [3.63, 3.8) is 0 Å². The van der Waals surface area contributed by atoms with E-state index in [0.717, 1.165) is 33.2 Å². The van der Waals surface area contributed by atoms with Gasteiger partial charge >= 0.3 is 0 Å². The monoisotopic (exact) mass is 353 g/mol. The zero-order valence-electron chi connectivity index (χ0n) is 15.3. The molecule has 0 saturated carbocycles. The van der Waals surface area contributed by atoms with Crippen LogP contribution < -0.4 is 0 Å². The summed E-state index contributed by atoms with van der Waals surface area (Å²) >= 11 is 1.52. The number of aromatic nitrogens is 3. The fourth-order valence-corrected chi connectivity index (χ4v) is 3.50. The SMILES string of the molecule is CC(=O)CSc1cc(C(C)(C)C)nc2c(-c3ccccc3)c(C)nn12. The molecule has 0 atom stereocenters. The van der Waals surface area contributed by atoms with Crippen LogP contribution in [0, 0.1) is 6.92 Å². The molecule has 0 amide bonds. The highest BCUT2D eigenvalue weighted by molar-refractivity contribution is 7.99. The number of ketones is 1. The molecule has 0 aliphatic rings. The number of fused-ring (bicyclic) bond motifs is 1. The maximum atomic E-state index is 11.5. The highest BCUT2D eigenvalue weighted by Gasteiger charge is 2.22. The van der Waals surface area contributed by atoms with Gasteiger partial charge < -0.3 is 0 Å². The van der Waals surface area contributed by atoms with Gasteiger partial charge in [-0.2, -0.15) is 5.10 Å². The highest BCUT2D eigenvalue weighted by atomic mass is 32.2. The minimum absolute atomic E-state index is 0.0839. The Balaban J connectivity index is 2.27. The first-order chi connectivity index (χ1) is 11.8. The standard InChI is InChI=1S/C20H23N3OS/c1-13(24)12-25-17-11-16(20(3,4)5)21-19-18(14(2)22-23(17)19)15-9-7-6-8-10-15/h6-11H,12H2,1-5H3. The van der Waals surface area contributed by atoms with Crippen LogP contribution in [0.15, 0.2) is 41.4 Å². The van der Waals surface area contributed by atoms with Crippen molar-refractivity contribution >= 4 is 23.2 Å². The van der Waals surface area contributed by atoms with Gasteiger partial charge in [0.05, 0.1) is 17.1 Å². The summed E-state index contributed by atoms with van der Waals surface area (Å²) in [6.07, 6.45) is 0. The predicted molar refractivity (Wildman–Crippen MR) is 103 cm³/mol. The summed E-state index contributed by atoms with van der Waals surface area (Å²) in [6, 6.07) is 12.3. The van der Waals surface area contributed by atoms with E-state index in [1.165, 1.54) is 11.8 Å². The van der Waals surface area contributed by atoms with Crippen molar-refractivity contribution < 1.29 is 4.79 Å². The van der Waals surface area contributed by atoms with Crippen LogP contribution in [0.1, 0.15) is 39.1 Å². The second kappa shape index (κ2) is 6.64. The molecule has 0 saturated heterocycles. The first kappa shape index (κ1) is 17.7. The fourth-order valence-electron chi connectivity index (χ4n) is 2.70. The first-order valence-corrected chi connectivity index (χ1v) is 9.34. The zero-order valence-corrected chi connectivity index (χ0v) is 16.1. The maximum absolute atomic E-state index is 11.5. The molecule has 2 aromatic heterocycles. The number of hydrogen-bond donors (Lipinski definition) is 0. The van der Waals surface area contributed by atoms with Crippen LogP contribution in [0.2, 0.25) is 0 Å². The van der Waals surface area contributed by atoms with Gasteiger partial charge in [0.25, 0.3) is 0 Å². The van der Waals surface area contributed by atoms with E-state index >= 15 is 0 Å². The molecule has 0 spiro atoms. The molecule has 2 heterocycles. The number of rotatable bonds is 4. The van der Waals surface area contributed by atoms with Gasteiger partial charge in [-0.1, -0.05) is 62.9 Å². The lowest BCUT2D eigenvalue weighted by atomic mass is 9.92. The van der Waals surface area contributed by atoms with Gasteiger partial charge in [0, 0.05) is 11.0 Å². The summed E-state index contributed by atoms with van der Waals surface area (Å²) in [7, 11) is 0. The lowest BCUT2D eigenvalue weighted by Crippen LogP contribution is -2.15. The Morgan fingerprint density at radius 2 is 1.88 bits per heavy atom. The third-order valence-corrected chi connectivity index (χ3v) is 5.12. The molecule has 0 unspecified atom stereocenters. The molecule has 1 aromatic carbocycles. The van der Waals surface area contributed by atoms with E-state index in [9.17, 15) is 4.79 Å². The van der Waals surface area contributed by atoms with Gasteiger partial charge in [0.1, 0.15) is 10.8 Å². The second-order valence-electron chi connectivity index (χ2n) is 7.28. The van der Waals surface area contributed by atoms with Gasteiger partial charge in [0.2, 0.25) is 0 Å². The molecule has 3 rings (SSSR count). The van der Waals surface area contributed by atoms with Crippen LogP contribution in [-0.4, -0.2) is 26.1 Å². The van der Waals surface area contributed by atoms with Gasteiger partial charge in [-0.15, -0.1) is 0 Å². The number of carbonyl (C=O) groups excluding carboxylic acids is 1. The van der Waals surface area contributed by atoms with Crippen molar-refractivity contribution in [2.24, 2.45) is 0 Å². The molecule has 4 nitrogen and oxygen atoms in total. The normalized spacial score (nSPS) is 11.9. The predicted octanol–water partition coefficient (Wildman–Crippen LogP) is 4.68. The van der Waals surface area contributed by atoms with Crippen LogP contribution in [0.3, 0.4) is 0 Å². The van der Waals surface area contributed by atoms with Gasteiger partial charge in [0.15, 0.2) is 5.65 Å². The molecular formula is C20H23N3OS. The van der Waals surface area contributed by atoms with Gasteiger partial charge in [-0.3, -0.25) is 4.79 Å². The van der Waals surface area contributed by atoms with Crippen LogP contribution in [0.4, 0.5) is 0 Å². The lowest BCUT2D eigenvalue weighted by Gasteiger charge is -2.19. The highest BCUT2D eigenvalue weighted by Crippen LogP contribution is 2.33. The van der Waals surface area contributed by atoms with Gasteiger partial charge in [-0.05, 0) is 25.5 Å². The molecule has 0 bridgehead atoms. The molecule has 5 heteroatoms. The number of aryl methyl sites for hydroxylation is 1. The summed E-state index contributed by atoms with van der Waals surface area (Å²) in [5.74, 6) is 0.585. The van der Waals surface area contributed by atoms with E-state index in [2.05, 4.69) is 39.0 Å². The number of hydrogen-bond acceptors (Lipinski definition) is 4. The minimum atomic E-state index is -0.0839. The average molecular weight is 353 g/mol. The number of Topliss-reactive ketones (excluding diaryl/α,β-unsaturated/α-hetero) is 1. The lowest BCUT2D eigenvalue weighted by molar-refractivity contribution is -0.114. The fraction of sp³-hybridized carbons (Fsp3) is 0.350. The topological polar surface area (TPSA) is 47.3 Å². The Kier molecular flexibility index (Phi) is 4.69. The summed E-state index contributed by atoms with van der Waals surface area (Å²) in [5, 5.41) is 5.67. The van der Waals surface area contributed by atoms with E-state index < -0.39 is 0 Å². The first-order valence-electron chi connectivity index (χ1n) is 8.36. The van der Waals surface area contributed by atoms with Crippen molar-refractivity contribution in [2.75, 3.05) is 5.75 Å². The van der Waals surface area contributed by atoms with E-state index in [4.69, 9.17) is 10.1 Å². The summed E-state index contributed by atoms with van der Waals surface area (Å²) in [4.78, 5) is 16.4. The second-order valence-corrected chi connectivity index (χ2v) is 8.28. The molecule has 0 fully saturated rings. The van der Waals surface area contributed by atoms with Crippen molar-refractivity contribution in [1.82, 2.24) is 14.6 Å². The smallest absolute Gasteiger partial charge is 0.164 e.